The Hall–Kier alpha value is -2.54. The molecule has 0 saturated heterocycles. The summed E-state index contributed by atoms with van der Waals surface area (Å²) in [5, 5.41) is 13.5. The SMILES string of the molecule is CCOc1cc(/C=N/NS(=O)(=O)c2c(C)cc(C)cc2C)ccc1O. The maximum absolute atomic E-state index is 12.5. The molecule has 0 fully saturated rings. The quantitative estimate of drug-likeness (QED) is 0.611. The average Bonchev–Trinajstić information content (AvgIpc) is 2.49. The zero-order valence-electron chi connectivity index (χ0n) is 14.7. The van der Waals surface area contributed by atoms with Crippen molar-refractivity contribution in [2.45, 2.75) is 32.6 Å². The lowest BCUT2D eigenvalue weighted by molar-refractivity contribution is 0.318. The van der Waals surface area contributed by atoms with Crippen LogP contribution in [0.4, 0.5) is 0 Å². The lowest BCUT2D eigenvalue weighted by Crippen LogP contribution is -2.20. The van der Waals surface area contributed by atoms with Crippen LogP contribution in [0.2, 0.25) is 0 Å². The summed E-state index contributed by atoms with van der Waals surface area (Å²) in [7, 11) is -3.77. The van der Waals surface area contributed by atoms with Gasteiger partial charge in [0.1, 0.15) is 0 Å². The number of aromatic hydroxyl groups is 1. The number of phenols is 1. The van der Waals surface area contributed by atoms with Gasteiger partial charge < -0.3 is 9.84 Å². The minimum absolute atomic E-state index is 0.0190. The number of rotatable bonds is 6. The highest BCUT2D eigenvalue weighted by atomic mass is 32.2. The Labute approximate surface area is 148 Å². The van der Waals surface area contributed by atoms with Crippen LogP contribution in [0.1, 0.15) is 29.2 Å². The van der Waals surface area contributed by atoms with Crippen LogP contribution in [-0.4, -0.2) is 26.3 Å². The van der Waals surface area contributed by atoms with Crippen molar-refractivity contribution in [1.82, 2.24) is 4.83 Å². The molecule has 2 aromatic carbocycles. The van der Waals surface area contributed by atoms with E-state index in [0.29, 0.717) is 29.0 Å². The summed E-state index contributed by atoms with van der Waals surface area (Å²) >= 11 is 0. The molecule has 2 aromatic rings. The number of benzene rings is 2. The monoisotopic (exact) mass is 362 g/mol. The molecular formula is C18H22N2O4S. The summed E-state index contributed by atoms with van der Waals surface area (Å²) in [6, 6.07) is 8.30. The standard InChI is InChI=1S/C18H22N2O4S/c1-5-24-17-10-15(6-7-16(17)21)11-19-20-25(22,23)18-13(3)8-12(2)9-14(18)4/h6-11,20-21H,5H2,1-4H3/b19-11+. The molecule has 0 aromatic heterocycles. The zero-order chi connectivity index (χ0) is 18.6. The highest BCUT2D eigenvalue weighted by Crippen LogP contribution is 2.26. The second-order valence-electron chi connectivity index (χ2n) is 5.74. The Balaban J connectivity index is 2.23. The van der Waals surface area contributed by atoms with Gasteiger partial charge in [0.05, 0.1) is 17.7 Å². The average molecular weight is 362 g/mol. The molecule has 2 rings (SSSR count). The van der Waals surface area contributed by atoms with Gasteiger partial charge in [0.2, 0.25) is 0 Å². The van der Waals surface area contributed by atoms with E-state index < -0.39 is 10.0 Å². The molecule has 6 nitrogen and oxygen atoms in total. The number of hydrazone groups is 1. The number of ether oxygens (including phenoxy) is 1. The van der Waals surface area contributed by atoms with Crippen LogP contribution in [0.25, 0.3) is 0 Å². The summed E-state index contributed by atoms with van der Waals surface area (Å²) < 4.78 is 30.3. The fourth-order valence-corrected chi connectivity index (χ4v) is 3.94. The number of nitrogens with one attached hydrogen (secondary N) is 1. The van der Waals surface area contributed by atoms with E-state index in [1.807, 2.05) is 19.1 Å². The summed E-state index contributed by atoms with van der Waals surface area (Å²) in [6.45, 7) is 7.65. The Morgan fingerprint density at radius 3 is 2.40 bits per heavy atom. The molecule has 0 atom stereocenters. The number of nitrogens with zero attached hydrogens (tertiary/aromatic N) is 1. The van der Waals surface area contributed by atoms with E-state index in [4.69, 9.17) is 4.74 Å². The van der Waals surface area contributed by atoms with E-state index in [1.54, 1.807) is 32.9 Å². The summed E-state index contributed by atoms with van der Waals surface area (Å²) in [6.07, 6.45) is 1.36. The van der Waals surface area contributed by atoms with Crippen molar-refractivity contribution in [3.8, 4) is 11.5 Å². The topological polar surface area (TPSA) is 88.0 Å². The normalized spacial score (nSPS) is 11.7. The van der Waals surface area contributed by atoms with Crippen LogP contribution in [0.15, 0.2) is 40.3 Å². The fourth-order valence-electron chi connectivity index (χ4n) is 2.69. The van der Waals surface area contributed by atoms with E-state index in [9.17, 15) is 13.5 Å². The van der Waals surface area contributed by atoms with Gasteiger partial charge in [-0.2, -0.15) is 13.5 Å². The van der Waals surface area contributed by atoms with Gasteiger partial charge in [-0.3, -0.25) is 0 Å². The van der Waals surface area contributed by atoms with Crippen molar-refractivity contribution >= 4 is 16.2 Å². The van der Waals surface area contributed by atoms with Crippen LogP contribution < -0.4 is 9.57 Å². The number of aryl methyl sites for hydroxylation is 3. The first kappa shape index (κ1) is 18.8. The van der Waals surface area contributed by atoms with Gasteiger partial charge in [-0.1, -0.05) is 17.7 Å². The van der Waals surface area contributed by atoms with E-state index in [2.05, 4.69) is 9.93 Å². The molecule has 0 heterocycles. The molecule has 2 N–H and O–H groups in total. The molecule has 25 heavy (non-hydrogen) atoms. The first-order valence-corrected chi connectivity index (χ1v) is 9.31. The highest BCUT2D eigenvalue weighted by Gasteiger charge is 2.19. The van der Waals surface area contributed by atoms with Crippen molar-refractivity contribution in [3.63, 3.8) is 0 Å². The zero-order valence-corrected chi connectivity index (χ0v) is 15.5. The third-order valence-electron chi connectivity index (χ3n) is 3.54. The van der Waals surface area contributed by atoms with Crippen molar-refractivity contribution in [3.05, 3.63) is 52.6 Å². The van der Waals surface area contributed by atoms with Gasteiger partial charge >= 0.3 is 0 Å². The van der Waals surface area contributed by atoms with Crippen molar-refractivity contribution in [1.29, 1.82) is 0 Å². The minimum atomic E-state index is -3.77. The first-order chi connectivity index (χ1) is 11.7. The van der Waals surface area contributed by atoms with Gasteiger partial charge in [0, 0.05) is 0 Å². The third-order valence-corrected chi connectivity index (χ3v) is 5.07. The van der Waals surface area contributed by atoms with Crippen LogP contribution in [-0.2, 0) is 10.0 Å². The van der Waals surface area contributed by atoms with Crippen LogP contribution in [0.5, 0.6) is 11.5 Å². The molecule has 134 valence electrons. The number of hydrogen-bond donors (Lipinski definition) is 2. The Bertz CT molecular complexity index is 882. The van der Waals surface area contributed by atoms with Gasteiger partial charge in [0.15, 0.2) is 11.5 Å². The van der Waals surface area contributed by atoms with E-state index in [0.717, 1.165) is 5.56 Å². The molecule has 0 spiro atoms. The predicted octanol–water partition coefficient (Wildman–Crippen LogP) is 3.03. The molecule has 0 aliphatic heterocycles. The second-order valence-corrected chi connectivity index (χ2v) is 7.34. The van der Waals surface area contributed by atoms with Crippen molar-refractivity contribution < 1.29 is 18.3 Å². The molecule has 0 radical (unpaired) electrons. The van der Waals surface area contributed by atoms with Gasteiger partial charge in [-0.05, 0) is 62.6 Å². The smallest absolute Gasteiger partial charge is 0.277 e. The molecular weight excluding hydrogens is 340 g/mol. The second kappa shape index (κ2) is 7.57. The summed E-state index contributed by atoms with van der Waals surface area (Å²) in [5.74, 6) is 0.338. The number of phenolic OH excluding ortho intramolecular Hbond substituents is 1. The molecule has 0 aliphatic rings. The number of sulfonamides is 1. The van der Waals surface area contributed by atoms with Crippen LogP contribution in [0.3, 0.4) is 0 Å². The van der Waals surface area contributed by atoms with Crippen LogP contribution >= 0.6 is 0 Å². The fraction of sp³-hybridized carbons (Fsp3) is 0.278. The van der Waals surface area contributed by atoms with Gasteiger partial charge in [-0.15, -0.1) is 0 Å². The Morgan fingerprint density at radius 1 is 1.16 bits per heavy atom. The first-order valence-electron chi connectivity index (χ1n) is 7.83. The van der Waals surface area contributed by atoms with E-state index in [1.165, 1.54) is 12.3 Å². The van der Waals surface area contributed by atoms with Gasteiger partial charge in [0.25, 0.3) is 10.0 Å². The molecule has 0 aliphatic carbocycles. The minimum Gasteiger partial charge on any atom is -0.504 e. The lowest BCUT2D eigenvalue weighted by Gasteiger charge is -2.11. The molecule has 0 bridgehead atoms. The predicted molar refractivity (Wildman–Crippen MR) is 97.8 cm³/mol. The molecule has 0 unspecified atom stereocenters. The van der Waals surface area contributed by atoms with E-state index in [-0.39, 0.29) is 10.6 Å². The maximum Gasteiger partial charge on any atom is 0.277 e. The molecule has 7 heteroatoms. The largest absolute Gasteiger partial charge is 0.504 e. The Morgan fingerprint density at radius 2 is 1.80 bits per heavy atom. The molecule has 0 saturated carbocycles. The summed E-state index contributed by atoms with van der Waals surface area (Å²) in [5.41, 5.74) is 2.94. The van der Waals surface area contributed by atoms with Crippen LogP contribution in [0, 0.1) is 20.8 Å². The highest BCUT2D eigenvalue weighted by molar-refractivity contribution is 7.89. The molecule has 0 amide bonds. The lowest BCUT2D eigenvalue weighted by atomic mass is 10.1. The maximum atomic E-state index is 12.5. The third kappa shape index (κ3) is 4.51. The van der Waals surface area contributed by atoms with E-state index >= 15 is 0 Å². The van der Waals surface area contributed by atoms with Crippen molar-refractivity contribution in [2.24, 2.45) is 5.10 Å². The number of hydrogen-bond acceptors (Lipinski definition) is 5. The van der Waals surface area contributed by atoms with Crippen molar-refractivity contribution in [2.75, 3.05) is 6.61 Å². The Kier molecular flexibility index (Phi) is 5.69. The van der Waals surface area contributed by atoms with Gasteiger partial charge in [-0.25, -0.2) is 4.83 Å². The summed E-state index contributed by atoms with van der Waals surface area (Å²) in [4.78, 5) is 2.46.